The van der Waals surface area contributed by atoms with Gasteiger partial charge in [-0.1, -0.05) is 10.8 Å². The SMILES string of the molecule is Fc1cnc(-c2ccc(C(F)(F)F)nc2)cc1SCSS. The Balaban J connectivity index is 2.29. The number of thiol groups is 1. The number of hydrogen-bond acceptors (Lipinski definition) is 5. The van der Waals surface area contributed by atoms with Crippen LogP contribution in [-0.4, -0.2) is 15.1 Å². The maximum absolute atomic E-state index is 13.5. The molecule has 0 radical (unpaired) electrons. The highest BCUT2D eigenvalue weighted by Gasteiger charge is 2.32. The molecule has 0 fully saturated rings. The smallest absolute Gasteiger partial charge is 0.253 e. The topological polar surface area (TPSA) is 25.8 Å². The lowest BCUT2D eigenvalue weighted by Crippen LogP contribution is -2.07. The molecule has 0 unspecified atom stereocenters. The molecule has 21 heavy (non-hydrogen) atoms. The first kappa shape index (κ1) is 16.4. The van der Waals surface area contributed by atoms with Gasteiger partial charge in [0.2, 0.25) is 0 Å². The van der Waals surface area contributed by atoms with Gasteiger partial charge in [-0.3, -0.25) is 9.97 Å². The van der Waals surface area contributed by atoms with Gasteiger partial charge in [-0.15, -0.1) is 23.4 Å². The number of pyridine rings is 2. The monoisotopic (exact) mass is 352 g/mol. The Bertz CT molecular complexity index is 617. The maximum atomic E-state index is 13.5. The molecule has 9 heteroatoms. The average molecular weight is 352 g/mol. The molecule has 2 aromatic rings. The van der Waals surface area contributed by atoms with Gasteiger partial charge in [0.05, 0.1) is 17.0 Å². The van der Waals surface area contributed by atoms with Crippen molar-refractivity contribution in [3.05, 3.63) is 42.1 Å². The molecule has 0 aromatic carbocycles. The number of halogens is 4. The zero-order chi connectivity index (χ0) is 15.5. The maximum Gasteiger partial charge on any atom is 0.433 e. The Morgan fingerprint density at radius 3 is 2.48 bits per heavy atom. The van der Waals surface area contributed by atoms with Crippen molar-refractivity contribution in [2.45, 2.75) is 11.1 Å². The summed E-state index contributed by atoms with van der Waals surface area (Å²) in [6, 6.07) is 3.61. The molecule has 0 saturated heterocycles. The van der Waals surface area contributed by atoms with Crippen molar-refractivity contribution in [2.75, 3.05) is 5.08 Å². The van der Waals surface area contributed by atoms with E-state index in [2.05, 4.69) is 21.6 Å². The van der Waals surface area contributed by atoms with E-state index in [-0.39, 0.29) is 0 Å². The van der Waals surface area contributed by atoms with Gasteiger partial charge in [0, 0.05) is 16.7 Å². The number of rotatable bonds is 4. The molecule has 0 saturated carbocycles. The third-order valence-corrected chi connectivity index (χ3v) is 4.90. The minimum atomic E-state index is -4.49. The van der Waals surface area contributed by atoms with E-state index in [0.29, 0.717) is 21.2 Å². The fraction of sp³-hybridized carbons (Fsp3) is 0.167. The molecule has 2 aromatic heterocycles. The van der Waals surface area contributed by atoms with Crippen molar-refractivity contribution < 1.29 is 17.6 Å². The molecule has 0 spiro atoms. The summed E-state index contributed by atoms with van der Waals surface area (Å²) < 4.78 is 50.9. The Hall–Kier alpha value is -0.930. The predicted octanol–water partition coefficient (Wildman–Crippen LogP) is 4.93. The highest BCUT2D eigenvalue weighted by Crippen LogP contribution is 2.31. The molecule has 2 rings (SSSR count). The molecule has 0 aliphatic carbocycles. The van der Waals surface area contributed by atoms with Crippen LogP contribution in [0, 0.1) is 5.82 Å². The van der Waals surface area contributed by atoms with Gasteiger partial charge in [-0.05, 0) is 18.2 Å². The average Bonchev–Trinajstić information content (AvgIpc) is 2.46. The van der Waals surface area contributed by atoms with Crippen LogP contribution < -0.4 is 0 Å². The quantitative estimate of drug-likeness (QED) is 0.277. The largest absolute Gasteiger partial charge is 0.433 e. The van der Waals surface area contributed by atoms with E-state index in [4.69, 9.17) is 0 Å². The number of aromatic nitrogens is 2. The van der Waals surface area contributed by atoms with Gasteiger partial charge >= 0.3 is 6.18 Å². The molecular weight excluding hydrogens is 344 g/mol. The third kappa shape index (κ3) is 4.27. The lowest BCUT2D eigenvalue weighted by atomic mass is 10.2. The predicted molar refractivity (Wildman–Crippen MR) is 79.7 cm³/mol. The molecule has 0 aliphatic rings. The summed E-state index contributed by atoms with van der Waals surface area (Å²) in [6.07, 6.45) is -2.37. The van der Waals surface area contributed by atoms with E-state index < -0.39 is 17.7 Å². The summed E-state index contributed by atoms with van der Waals surface area (Å²) in [6.45, 7) is 0. The van der Waals surface area contributed by atoms with Crippen LogP contribution in [0.2, 0.25) is 0 Å². The molecule has 0 amide bonds. The molecular formula is C12H8F4N2S3. The minimum Gasteiger partial charge on any atom is -0.253 e. The van der Waals surface area contributed by atoms with Crippen molar-refractivity contribution in [3.8, 4) is 11.3 Å². The van der Waals surface area contributed by atoms with Crippen LogP contribution in [0.1, 0.15) is 5.69 Å². The summed E-state index contributed by atoms with van der Waals surface area (Å²) in [5.41, 5.74) is -0.220. The fourth-order valence-corrected chi connectivity index (χ4v) is 3.07. The van der Waals surface area contributed by atoms with Crippen LogP contribution in [0.25, 0.3) is 11.3 Å². The van der Waals surface area contributed by atoms with E-state index in [1.807, 2.05) is 0 Å². The molecule has 2 heterocycles. The van der Waals surface area contributed by atoms with Gasteiger partial charge in [0.1, 0.15) is 5.69 Å². The number of hydrogen-bond donors (Lipinski definition) is 1. The van der Waals surface area contributed by atoms with Gasteiger partial charge in [0.15, 0.2) is 5.82 Å². The van der Waals surface area contributed by atoms with Gasteiger partial charge in [0.25, 0.3) is 0 Å². The Morgan fingerprint density at radius 2 is 1.90 bits per heavy atom. The van der Waals surface area contributed by atoms with Crippen molar-refractivity contribution in [1.82, 2.24) is 9.97 Å². The van der Waals surface area contributed by atoms with E-state index in [1.165, 1.54) is 34.7 Å². The normalized spacial score (nSPS) is 11.7. The number of thioether (sulfide) groups is 1. The third-order valence-electron chi connectivity index (χ3n) is 2.44. The van der Waals surface area contributed by atoms with Crippen LogP contribution in [-0.2, 0) is 6.18 Å². The van der Waals surface area contributed by atoms with Gasteiger partial charge < -0.3 is 0 Å². The van der Waals surface area contributed by atoms with Gasteiger partial charge in [-0.25, -0.2) is 4.39 Å². The first-order chi connectivity index (χ1) is 9.91. The number of alkyl halides is 3. The van der Waals surface area contributed by atoms with E-state index in [1.54, 1.807) is 0 Å². The van der Waals surface area contributed by atoms with Crippen LogP contribution in [0.5, 0.6) is 0 Å². The highest BCUT2D eigenvalue weighted by atomic mass is 33.1. The van der Waals surface area contributed by atoms with Crippen molar-refractivity contribution in [1.29, 1.82) is 0 Å². The molecule has 0 N–H and O–H groups in total. The molecule has 2 nitrogen and oxygen atoms in total. The van der Waals surface area contributed by atoms with Crippen molar-refractivity contribution in [3.63, 3.8) is 0 Å². The van der Waals surface area contributed by atoms with E-state index in [9.17, 15) is 17.6 Å². The van der Waals surface area contributed by atoms with E-state index >= 15 is 0 Å². The van der Waals surface area contributed by atoms with Gasteiger partial charge in [-0.2, -0.15) is 13.2 Å². The molecule has 0 bridgehead atoms. The van der Waals surface area contributed by atoms with Crippen molar-refractivity contribution in [2.24, 2.45) is 0 Å². The summed E-state index contributed by atoms with van der Waals surface area (Å²) in [7, 11) is 1.24. The van der Waals surface area contributed by atoms with Crippen LogP contribution >= 0.6 is 34.2 Å². The molecule has 112 valence electrons. The standard InChI is InChI=1S/C12H8F4N2S3/c13-8-5-17-9(3-10(8)20-6-21-19)7-1-2-11(18-4-7)12(14,15)16/h1-5,19H,6H2. The van der Waals surface area contributed by atoms with Crippen molar-refractivity contribution >= 4 is 34.2 Å². The zero-order valence-electron chi connectivity index (χ0n) is 10.3. The van der Waals surface area contributed by atoms with Crippen LogP contribution in [0.3, 0.4) is 0 Å². The summed E-state index contributed by atoms with van der Waals surface area (Å²) in [5, 5.41) is 0.536. The lowest BCUT2D eigenvalue weighted by Gasteiger charge is -2.07. The summed E-state index contributed by atoms with van der Waals surface area (Å²) in [4.78, 5) is 7.59. The van der Waals surface area contributed by atoms with E-state index in [0.717, 1.165) is 18.5 Å². The van der Waals surface area contributed by atoms with Crippen LogP contribution in [0.4, 0.5) is 17.6 Å². The highest BCUT2D eigenvalue weighted by molar-refractivity contribution is 8.70. The Labute approximate surface area is 131 Å². The fourth-order valence-electron chi connectivity index (χ4n) is 1.49. The first-order valence-electron chi connectivity index (χ1n) is 5.50. The summed E-state index contributed by atoms with van der Waals surface area (Å²) in [5.74, 6) is -0.481. The second-order valence-electron chi connectivity index (χ2n) is 3.82. The molecule has 0 aliphatic heterocycles. The Kier molecular flexibility index (Phi) is 5.39. The first-order valence-corrected chi connectivity index (χ1v) is 8.52. The lowest BCUT2D eigenvalue weighted by molar-refractivity contribution is -0.141. The van der Waals surface area contributed by atoms with Crippen LogP contribution in [0.15, 0.2) is 35.5 Å². The summed E-state index contributed by atoms with van der Waals surface area (Å²) >= 11 is 5.19. The Morgan fingerprint density at radius 1 is 1.14 bits per heavy atom. The second kappa shape index (κ2) is 6.89. The second-order valence-corrected chi connectivity index (χ2v) is 6.53. The zero-order valence-corrected chi connectivity index (χ0v) is 12.8. The minimum absolute atomic E-state index is 0.362. The number of nitrogens with zero attached hydrogens (tertiary/aromatic N) is 2. The molecule has 0 atom stereocenters.